The summed E-state index contributed by atoms with van der Waals surface area (Å²) in [7, 11) is 0. The number of alkyl halides is 3. The number of urea groups is 1. The Kier molecular flexibility index (Phi) is 7.77. The molecule has 0 aromatic carbocycles. The van der Waals surface area contributed by atoms with Gasteiger partial charge in [0, 0.05) is 45.9 Å². The second kappa shape index (κ2) is 9.59. The molecule has 0 spiro atoms. The third-order valence-electron chi connectivity index (χ3n) is 4.56. The van der Waals surface area contributed by atoms with Crippen molar-refractivity contribution in [3.63, 3.8) is 0 Å². The molecule has 1 N–H and O–H groups in total. The van der Waals surface area contributed by atoms with E-state index in [-0.39, 0.29) is 24.8 Å². The summed E-state index contributed by atoms with van der Waals surface area (Å²) >= 11 is 0. The lowest BCUT2D eigenvalue weighted by Gasteiger charge is -2.35. The minimum atomic E-state index is -4.26. The molecule has 2 amide bonds. The van der Waals surface area contributed by atoms with Crippen molar-refractivity contribution >= 4 is 6.03 Å². The number of piperazine rings is 1. The molecule has 0 aromatic rings. The summed E-state index contributed by atoms with van der Waals surface area (Å²) in [4.78, 5) is 16.2. The molecule has 0 radical (unpaired) electrons. The summed E-state index contributed by atoms with van der Waals surface area (Å²) in [6.07, 6.45) is -1.60. The third-order valence-corrected chi connectivity index (χ3v) is 4.56. The first-order valence-corrected chi connectivity index (χ1v) is 8.89. The van der Waals surface area contributed by atoms with E-state index in [4.69, 9.17) is 4.74 Å². The van der Waals surface area contributed by atoms with Crippen LogP contribution in [0.5, 0.6) is 0 Å². The highest BCUT2D eigenvalue weighted by Gasteiger charge is 2.28. The highest BCUT2D eigenvalue weighted by molar-refractivity contribution is 5.74. The number of halogens is 3. The van der Waals surface area contributed by atoms with Gasteiger partial charge in [-0.15, -0.1) is 0 Å². The van der Waals surface area contributed by atoms with E-state index in [1.807, 2.05) is 6.92 Å². The molecule has 2 unspecified atom stereocenters. The van der Waals surface area contributed by atoms with Gasteiger partial charge in [0.15, 0.2) is 0 Å². The van der Waals surface area contributed by atoms with Gasteiger partial charge in [-0.05, 0) is 26.2 Å². The van der Waals surface area contributed by atoms with Gasteiger partial charge in [0.1, 0.15) is 6.61 Å². The van der Waals surface area contributed by atoms with Crippen LogP contribution < -0.4 is 5.32 Å². The van der Waals surface area contributed by atoms with Gasteiger partial charge in [-0.3, -0.25) is 4.90 Å². The number of carbonyl (C=O) groups is 1. The first-order chi connectivity index (χ1) is 11.8. The van der Waals surface area contributed by atoms with E-state index in [1.165, 1.54) is 0 Å². The molecule has 9 heteroatoms. The zero-order valence-corrected chi connectivity index (χ0v) is 14.7. The smallest absolute Gasteiger partial charge is 0.376 e. The number of amides is 2. The molecule has 2 fully saturated rings. The van der Waals surface area contributed by atoms with E-state index < -0.39 is 12.8 Å². The van der Waals surface area contributed by atoms with Gasteiger partial charge < -0.3 is 19.7 Å². The van der Waals surface area contributed by atoms with E-state index >= 15 is 0 Å². The Balaban J connectivity index is 1.56. The van der Waals surface area contributed by atoms with Crippen molar-refractivity contribution in [3.05, 3.63) is 0 Å². The van der Waals surface area contributed by atoms with Crippen LogP contribution in [0.4, 0.5) is 18.0 Å². The summed E-state index contributed by atoms with van der Waals surface area (Å²) in [5.74, 6) is 0. The molecule has 146 valence electrons. The van der Waals surface area contributed by atoms with E-state index in [0.717, 1.165) is 32.5 Å². The van der Waals surface area contributed by atoms with Crippen molar-refractivity contribution in [2.75, 3.05) is 52.5 Å². The fourth-order valence-electron chi connectivity index (χ4n) is 3.13. The Morgan fingerprint density at radius 3 is 2.64 bits per heavy atom. The molecule has 2 atom stereocenters. The molecule has 2 heterocycles. The monoisotopic (exact) mass is 367 g/mol. The van der Waals surface area contributed by atoms with Crippen LogP contribution >= 0.6 is 0 Å². The summed E-state index contributed by atoms with van der Waals surface area (Å²) in [5, 5.41) is 3.00. The molecule has 25 heavy (non-hydrogen) atoms. The van der Waals surface area contributed by atoms with Crippen LogP contribution in [0.2, 0.25) is 0 Å². The number of nitrogens with one attached hydrogen (secondary N) is 1. The van der Waals surface area contributed by atoms with Crippen LogP contribution in [-0.4, -0.2) is 86.7 Å². The minimum Gasteiger partial charge on any atom is -0.376 e. The fourth-order valence-corrected chi connectivity index (χ4v) is 3.13. The normalized spacial score (nSPS) is 23.7. The lowest BCUT2D eigenvalue weighted by molar-refractivity contribution is -0.174. The van der Waals surface area contributed by atoms with Crippen molar-refractivity contribution in [2.45, 2.75) is 44.5 Å². The van der Waals surface area contributed by atoms with Crippen molar-refractivity contribution in [3.8, 4) is 0 Å². The SMILES string of the molecule is CC(NC(=O)N1CCN(CCCOCC(F)(F)F)CC1)C1CCCO1. The number of nitrogens with zero attached hydrogens (tertiary/aromatic N) is 2. The van der Waals surface area contributed by atoms with Gasteiger partial charge in [-0.2, -0.15) is 13.2 Å². The van der Waals surface area contributed by atoms with Crippen LogP contribution in [-0.2, 0) is 9.47 Å². The van der Waals surface area contributed by atoms with Gasteiger partial charge in [0.2, 0.25) is 0 Å². The predicted octanol–water partition coefficient (Wildman–Crippen LogP) is 1.85. The second-order valence-electron chi connectivity index (χ2n) is 6.64. The molecular weight excluding hydrogens is 339 g/mol. The topological polar surface area (TPSA) is 54.0 Å². The highest BCUT2D eigenvalue weighted by Crippen LogP contribution is 2.16. The highest BCUT2D eigenvalue weighted by atomic mass is 19.4. The molecule has 6 nitrogen and oxygen atoms in total. The largest absolute Gasteiger partial charge is 0.411 e. The standard InChI is InChI=1S/C16H28F3N3O3/c1-13(14-4-2-11-25-14)20-15(23)22-8-6-21(7-9-22)5-3-10-24-12-16(17,18)19/h13-14H,2-12H2,1H3,(H,20,23). The zero-order valence-electron chi connectivity index (χ0n) is 14.7. The lowest BCUT2D eigenvalue weighted by Crippen LogP contribution is -2.54. The minimum absolute atomic E-state index is 0.00110. The van der Waals surface area contributed by atoms with Crippen LogP contribution in [0.15, 0.2) is 0 Å². The number of hydrogen-bond acceptors (Lipinski definition) is 4. The Morgan fingerprint density at radius 1 is 1.32 bits per heavy atom. The summed E-state index contributed by atoms with van der Waals surface area (Å²) in [5.41, 5.74) is 0. The first kappa shape index (κ1) is 20.3. The summed E-state index contributed by atoms with van der Waals surface area (Å²) < 4.78 is 46.1. The van der Waals surface area contributed by atoms with E-state index in [2.05, 4.69) is 15.0 Å². The van der Waals surface area contributed by atoms with Gasteiger partial charge in [0.05, 0.1) is 12.1 Å². The van der Waals surface area contributed by atoms with Gasteiger partial charge in [0.25, 0.3) is 0 Å². The second-order valence-corrected chi connectivity index (χ2v) is 6.64. The molecule has 0 bridgehead atoms. The molecule has 0 aliphatic carbocycles. The maximum atomic E-state index is 12.3. The average molecular weight is 367 g/mol. The van der Waals surface area contributed by atoms with Crippen molar-refractivity contribution in [1.82, 2.24) is 15.1 Å². The molecule has 0 saturated carbocycles. The fraction of sp³-hybridized carbons (Fsp3) is 0.938. The number of carbonyl (C=O) groups excluding carboxylic acids is 1. The first-order valence-electron chi connectivity index (χ1n) is 8.89. The lowest BCUT2D eigenvalue weighted by atomic mass is 10.1. The Bertz CT molecular complexity index is 409. The predicted molar refractivity (Wildman–Crippen MR) is 86.5 cm³/mol. The van der Waals surface area contributed by atoms with Crippen LogP contribution in [0.1, 0.15) is 26.2 Å². The van der Waals surface area contributed by atoms with E-state index in [1.54, 1.807) is 4.90 Å². The maximum absolute atomic E-state index is 12.3. The molecule has 2 rings (SSSR count). The van der Waals surface area contributed by atoms with E-state index in [0.29, 0.717) is 26.1 Å². The van der Waals surface area contributed by atoms with Crippen LogP contribution in [0.25, 0.3) is 0 Å². The number of ether oxygens (including phenoxy) is 2. The Labute approximate surface area is 146 Å². The van der Waals surface area contributed by atoms with Gasteiger partial charge in [-0.25, -0.2) is 4.79 Å². The van der Waals surface area contributed by atoms with Crippen LogP contribution in [0.3, 0.4) is 0 Å². The van der Waals surface area contributed by atoms with Gasteiger partial charge in [-0.1, -0.05) is 0 Å². The van der Waals surface area contributed by atoms with Crippen LogP contribution in [0, 0.1) is 0 Å². The number of hydrogen-bond donors (Lipinski definition) is 1. The van der Waals surface area contributed by atoms with Crippen molar-refractivity contribution in [2.24, 2.45) is 0 Å². The quantitative estimate of drug-likeness (QED) is 0.698. The molecule has 2 saturated heterocycles. The van der Waals surface area contributed by atoms with Crippen molar-refractivity contribution in [1.29, 1.82) is 0 Å². The molecular formula is C16H28F3N3O3. The third kappa shape index (κ3) is 7.37. The van der Waals surface area contributed by atoms with Gasteiger partial charge >= 0.3 is 12.2 Å². The Hall–Kier alpha value is -1.06. The maximum Gasteiger partial charge on any atom is 0.411 e. The molecule has 2 aliphatic heterocycles. The molecule has 0 aromatic heterocycles. The Morgan fingerprint density at radius 2 is 2.04 bits per heavy atom. The summed E-state index contributed by atoms with van der Waals surface area (Å²) in [6, 6.07) is -0.0741. The number of rotatable bonds is 7. The van der Waals surface area contributed by atoms with E-state index in [9.17, 15) is 18.0 Å². The average Bonchev–Trinajstić information content (AvgIpc) is 3.08. The zero-order chi connectivity index (χ0) is 18.3. The molecule has 2 aliphatic rings. The van der Waals surface area contributed by atoms with Crippen molar-refractivity contribution < 1.29 is 27.4 Å². The summed E-state index contributed by atoms with van der Waals surface area (Å²) in [6.45, 7) is 4.99.